The zero-order valence-electron chi connectivity index (χ0n) is 8.36. The largest absolute Gasteiger partial charge is 0.324 e. The van der Waals surface area contributed by atoms with Crippen LogP contribution in [0.3, 0.4) is 0 Å². The van der Waals surface area contributed by atoms with Crippen LogP contribution in [0.1, 0.15) is 16.5 Å². The first-order chi connectivity index (χ1) is 7.68. The molecule has 0 spiro atoms. The highest BCUT2D eigenvalue weighted by Gasteiger charge is 2.13. The Kier molecular flexibility index (Phi) is 3.68. The van der Waals surface area contributed by atoms with Crippen molar-refractivity contribution in [3.05, 3.63) is 50.6 Å². The summed E-state index contributed by atoms with van der Waals surface area (Å²) in [5, 5.41) is 0. The van der Waals surface area contributed by atoms with Crippen LogP contribution in [0.4, 0.5) is 4.39 Å². The third-order valence-corrected chi connectivity index (χ3v) is 3.92. The van der Waals surface area contributed by atoms with Gasteiger partial charge in [0.05, 0.1) is 9.98 Å². The predicted octanol–water partition coefficient (Wildman–Crippen LogP) is 3.29. The van der Waals surface area contributed by atoms with Gasteiger partial charge in [-0.15, -0.1) is 11.3 Å². The minimum absolute atomic E-state index is 0.217. The Balaban J connectivity index is 2.21. The Bertz CT molecular complexity index is 473. The number of rotatable bonds is 3. The fourth-order valence-corrected chi connectivity index (χ4v) is 2.69. The van der Waals surface area contributed by atoms with Gasteiger partial charge in [0.25, 0.3) is 0 Å². The van der Waals surface area contributed by atoms with Crippen LogP contribution in [0, 0.1) is 5.82 Å². The number of hydrogen-bond donors (Lipinski definition) is 1. The average molecular weight is 301 g/mol. The maximum absolute atomic E-state index is 13.3. The molecular weight excluding hydrogens is 291 g/mol. The molecule has 0 bridgehead atoms. The van der Waals surface area contributed by atoms with E-state index in [9.17, 15) is 4.39 Å². The molecule has 0 aliphatic carbocycles. The number of thiazole rings is 1. The lowest BCUT2D eigenvalue weighted by molar-refractivity contribution is 0.610. The van der Waals surface area contributed by atoms with Gasteiger partial charge >= 0.3 is 0 Å². The fourth-order valence-electron chi connectivity index (χ4n) is 1.48. The smallest absolute Gasteiger partial charge is 0.137 e. The molecule has 0 saturated heterocycles. The van der Waals surface area contributed by atoms with E-state index < -0.39 is 0 Å². The van der Waals surface area contributed by atoms with Gasteiger partial charge in [-0.3, -0.25) is 4.98 Å². The monoisotopic (exact) mass is 300 g/mol. The molecule has 5 heteroatoms. The first-order valence-electron chi connectivity index (χ1n) is 4.75. The molecule has 0 radical (unpaired) electrons. The van der Waals surface area contributed by atoms with Crippen LogP contribution in [-0.2, 0) is 6.42 Å². The van der Waals surface area contributed by atoms with E-state index in [0.717, 1.165) is 10.4 Å². The summed E-state index contributed by atoms with van der Waals surface area (Å²) < 4.78 is 13.8. The molecule has 2 aromatic rings. The summed E-state index contributed by atoms with van der Waals surface area (Å²) in [6, 6.07) is 4.69. The van der Waals surface area contributed by atoms with E-state index in [1.807, 2.05) is 6.07 Å². The van der Waals surface area contributed by atoms with Gasteiger partial charge in [-0.25, -0.2) is 4.39 Å². The van der Waals surface area contributed by atoms with E-state index in [4.69, 9.17) is 5.73 Å². The lowest BCUT2D eigenvalue weighted by Crippen LogP contribution is -2.13. The van der Waals surface area contributed by atoms with Crippen molar-refractivity contribution in [3.8, 4) is 0 Å². The highest BCUT2D eigenvalue weighted by Crippen LogP contribution is 2.27. The molecule has 1 unspecified atom stereocenters. The molecule has 0 aliphatic rings. The highest BCUT2D eigenvalue weighted by atomic mass is 79.9. The predicted molar refractivity (Wildman–Crippen MR) is 66.8 cm³/mol. The van der Waals surface area contributed by atoms with Gasteiger partial charge in [-0.1, -0.05) is 12.1 Å². The van der Waals surface area contributed by atoms with Gasteiger partial charge in [0.15, 0.2) is 0 Å². The van der Waals surface area contributed by atoms with E-state index in [0.29, 0.717) is 10.9 Å². The summed E-state index contributed by atoms with van der Waals surface area (Å²) in [7, 11) is 0. The van der Waals surface area contributed by atoms with Gasteiger partial charge in [0.1, 0.15) is 5.82 Å². The number of benzene rings is 1. The Morgan fingerprint density at radius 3 is 3.00 bits per heavy atom. The summed E-state index contributed by atoms with van der Waals surface area (Å²) >= 11 is 4.77. The second-order valence-corrected chi connectivity index (χ2v) is 5.19. The van der Waals surface area contributed by atoms with Crippen molar-refractivity contribution in [1.82, 2.24) is 4.98 Å². The summed E-state index contributed by atoms with van der Waals surface area (Å²) in [6.45, 7) is 0. The fraction of sp³-hybridized carbons (Fsp3) is 0.182. The van der Waals surface area contributed by atoms with E-state index in [-0.39, 0.29) is 11.9 Å². The van der Waals surface area contributed by atoms with E-state index >= 15 is 0 Å². The zero-order chi connectivity index (χ0) is 11.5. The Hall–Kier alpha value is -0.780. The number of nitrogens with zero attached hydrogens (tertiary/aromatic N) is 1. The highest BCUT2D eigenvalue weighted by molar-refractivity contribution is 9.10. The van der Waals surface area contributed by atoms with Crippen molar-refractivity contribution in [3.63, 3.8) is 0 Å². The van der Waals surface area contributed by atoms with Gasteiger partial charge in [0, 0.05) is 23.5 Å². The Labute approximate surface area is 105 Å². The third kappa shape index (κ3) is 2.48. The summed E-state index contributed by atoms with van der Waals surface area (Å²) in [5.74, 6) is -0.280. The minimum atomic E-state index is -0.280. The van der Waals surface area contributed by atoms with Gasteiger partial charge in [-0.2, -0.15) is 0 Å². The Morgan fingerprint density at radius 2 is 2.31 bits per heavy atom. The summed E-state index contributed by atoms with van der Waals surface area (Å²) in [5.41, 5.74) is 8.59. The standard InChI is InChI=1S/C11H10BrFN2S/c12-11-8(2-1-3-9(11)13)10(14)4-7-5-15-6-16-7/h1-3,5-6,10H,4,14H2. The van der Waals surface area contributed by atoms with Gasteiger partial charge < -0.3 is 5.73 Å². The first kappa shape index (κ1) is 11.7. The molecular formula is C11H10BrFN2S. The maximum Gasteiger partial charge on any atom is 0.137 e. The van der Waals surface area contributed by atoms with Crippen molar-refractivity contribution >= 4 is 27.3 Å². The third-order valence-electron chi connectivity index (χ3n) is 2.29. The summed E-state index contributed by atoms with van der Waals surface area (Å²) in [4.78, 5) is 5.09. The number of halogens is 2. The zero-order valence-corrected chi connectivity index (χ0v) is 10.8. The lowest BCUT2D eigenvalue weighted by Gasteiger charge is -2.12. The molecule has 2 rings (SSSR count). The molecule has 0 fully saturated rings. The molecule has 1 heterocycles. The van der Waals surface area contributed by atoms with Crippen LogP contribution in [0.5, 0.6) is 0 Å². The topological polar surface area (TPSA) is 38.9 Å². The number of aromatic nitrogens is 1. The van der Waals surface area contributed by atoms with Crippen LogP contribution >= 0.6 is 27.3 Å². The molecule has 0 saturated carbocycles. The molecule has 16 heavy (non-hydrogen) atoms. The molecule has 1 atom stereocenters. The second-order valence-electron chi connectivity index (χ2n) is 3.42. The summed E-state index contributed by atoms with van der Waals surface area (Å²) in [6.07, 6.45) is 2.46. The van der Waals surface area contributed by atoms with Crippen molar-refractivity contribution in [1.29, 1.82) is 0 Å². The minimum Gasteiger partial charge on any atom is -0.324 e. The average Bonchev–Trinajstić information content (AvgIpc) is 2.74. The molecule has 2 nitrogen and oxygen atoms in total. The van der Waals surface area contributed by atoms with Gasteiger partial charge in [0.2, 0.25) is 0 Å². The van der Waals surface area contributed by atoms with Crippen molar-refractivity contribution in [2.45, 2.75) is 12.5 Å². The quantitative estimate of drug-likeness (QED) is 0.945. The van der Waals surface area contributed by atoms with E-state index in [2.05, 4.69) is 20.9 Å². The molecule has 0 aliphatic heterocycles. The van der Waals surface area contributed by atoms with Crippen LogP contribution in [0.25, 0.3) is 0 Å². The molecule has 1 aromatic carbocycles. The van der Waals surface area contributed by atoms with Crippen molar-refractivity contribution < 1.29 is 4.39 Å². The number of nitrogens with two attached hydrogens (primary N) is 1. The van der Waals surface area contributed by atoms with Crippen molar-refractivity contribution in [2.75, 3.05) is 0 Å². The molecule has 0 amide bonds. The van der Waals surface area contributed by atoms with E-state index in [1.54, 1.807) is 29.1 Å². The maximum atomic E-state index is 13.3. The first-order valence-corrected chi connectivity index (χ1v) is 6.42. The Morgan fingerprint density at radius 1 is 1.50 bits per heavy atom. The van der Waals surface area contributed by atoms with Crippen LogP contribution in [-0.4, -0.2) is 4.98 Å². The van der Waals surface area contributed by atoms with Crippen LogP contribution in [0.2, 0.25) is 0 Å². The van der Waals surface area contributed by atoms with Gasteiger partial charge in [-0.05, 0) is 27.6 Å². The molecule has 84 valence electrons. The lowest BCUT2D eigenvalue weighted by atomic mass is 10.0. The number of hydrogen-bond acceptors (Lipinski definition) is 3. The van der Waals surface area contributed by atoms with Crippen LogP contribution in [0.15, 0.2) is 34.4 Å². The second kappa shape index (κ2) is 5.03. The van der Waals surface area contributed by atoms with Crippen molar-refractivity contribution in [2.24, 2.45) is 5.73 Å². The SMILES string of the molecule is NC(Cc1cncs1)c1cccc(F)c1Br. The molecule has 2 N–H and O–H groups in total. The van der Waals surface area contributed by atoms with Crippen LogP contribution < -0.4 is 5.73 Å². The normalized spacial score (nSPS) is 12.7. The van der Waals surface area contributed by atoms with E-state index in [1.165, 1.54) is 6.07 Å². The molecule has 1 aromatic heterocycles.